The van der Waals surface area contributed by atoms with E-state index in [0.717, 1.165) is 24.2 Å². The third-order valence-electron chi connectivity index (χ3n) is 6.03. The zero-order valence-electron chi connectivity index (χ0n) is 21.5. The molecule has 0 saturated carbocycles. The normalized spacial score (nSPS) is 16.4. The average Bonchev–Trinajstić information content (AvgIpc) is 3.44. The second-order valence-electron chi connectivity index (χ2n) is 8.75. The highest BCUT2D eigenvalue weighted by atomic mass is 35.5. The lowest BCUT2D eigenvalue weighted by molar-refractivity contribution is -0.132. The van der Waals surface area contributed by atoms with Gasteiger partial charge in [0.2, 0.25) is 0 Å². The summed E-state index contributed by atoms with van der Waals surface area (Å²) in [6.07, 6.45) is 3.36. The molecule has 202 valence electrons. The topological polar surface area (TPSA) is 106 Å². The summed E-state index contributed by atoms with van der Waals surface area (Å²) in [6.45, 7) is 7.80. The van der Waals surface area contributed by atoms with Gasteiger partial charge >= 0.3 is 11.9 Å². The number of carbonyl (C=O) groups excluding carboxylic acids is 3. The van der Waals surface area contributed by atoms with Gasteiger partial charge < -0.3 is 14.6 Å². The van der Waals surface area contributed by atoms with Crippen molar-refractivity contribution < 1.29 is 29.0 Å². The van der Waals surface area contributed by atoms with Crippen LogP contribution in [0.2, 0.25) is 5.02 Å². The van der Waals surface area contributed by atoms with Crippen LogP contribution in [0, 0.1) is 6.92 Å². The van der Waals surface area contributed by atoms with Gasteiger partial charge in [0.15, 0.2) is 5.13 Å². The van der Waals surface area contributed by atoms with Crippen LogP contribution in [0.25, 0.3) is 5.76 Å². The van der Waals surface area contributed by atoms with E-state index in [1.807, 2.05) is 0 Å². The Morgan fingerprint density at radius 1 is 1.18 bits per heavy atom. The molecular weight excluding hydrogens is 540 g/mol. The minimum atomic E-state index is -1.01. The Morgan fingerprint density at radius 2 is 1.87 bits per heavy atom. The summed E-state index contributed by atoms with van der Waals surface area (Å²) in [4.78, 5) is 45.1. The number of hydrogen-bond donors (Lipinski definition) is 1. The van der Waals surface area contributed by atoms with Crippen molar-refractivity contribution in [1.29, 1.82) is 0 Å². The predicted octanol–water partition coefficient (Wildman–Crippen LogP) is 6.25. The van der Waals surface area contributed by atoms with Gasteiger partial charge in [0.25, 0.3) is 5.78 Å². The van der Waals surface area contributed by atoms with Crippen molar-refractivity contribution in [3.63, 3.8) is 0 Å². The van der Waals surface area contributed by atoms with Gasteiger partial charge in [-0.2, -0.15) is 0 Å². The Bertz CT molecular complexity index is 1430. The van der Waals surface area contributed by atoms with Gasteiger partial charge in [0.1, 0.15) is 23.0 Å². The summed E-state index contributed by atoms with van der Waals surface area (Å²) in [7, 11) is 0. The zero-order valence-corrected chi connectivity index (χ0v) is 23.1. The van der Waals surface area contributed by atoms with Crippen LogP contribution in [0.3, 0.4) is 0 Å². The van der Waals surface area contributed by atoms with E-state index in [2.05, 4.69) is 18.5 Å². The maximum absolute atomic E-state index is 13.4. The molecule has 1 aromatic heterocycles. The van der Waals surface area contributed by atoms with Crippen LogP contribution in [0.15, 0.2) is 66.8 Å². The zero-order chi connectivity index (χ0) is 28.1. The van der Waals surface area contributed by atoms with Crippen molar-refractivity contribution in [3.8, 4) is 5.75 Å². The van der Waals surface area contributed by atoms with E-state index in [1.54, 1.807) is 55.5 Å². The number of carbonyl (C=O) groups is 3. The highest BCUT2D eigenvalue weighted by Crippen LogP contribution is 2.44. The fourth-order valence-electron chi connectivity index (χ4n) is 4.06. The number of thiazole rings is 1. The van der Waals surface area contributed by atoms with Crippen LogP contribution < -0.4 is 9.64 Å². The number of aliphatic hydroxyl groups is 1. The van der Waals surface area contributed by atoms with Crippen LogP contribution in [0.5, 0.6) is 5.75 Å². The lowest BCUT2D eigenvalue weighted by Gasteiger charge is -2.23. The minimum absolute atomic E-state index is 0.0171. The number of amides is 1. The van der Waals surface area contributed by atoms with Crippen molar-refractivity contribution in [3.05, 3.63) is 93.5 Å². The summed E-state index contributed by atoms with van der Waals surface area (Å²) >= 11 is 7.02. The third kappa shape index (κ3) is 5.89. The molecule has 4 rings (SSSR count). The quantitative estimate of drug-likeness (QED) is 0.0771. The Hall–Kier alpha value is -3.95. The van der Waals surface area contributed by atoms with E-state index in [-0.39, 0.29) is 27.9 Å². The number of ether oxygens (including phenoxy) is 2. The number of unbranched alkanes of at least 4 members (excludes halogenated alkanes) is 1. The van der Waals surface area contributed by atoms with Crippen molar-refractivity contribution >= 4 is 51.5 Å². The molecule has 1 amide bonds. The van der Waals surface area contributed by atoms with Crippen molar-refractivity contribution in [2.75, 3.05) is 18.1 Å². The molecule has 1 saturated heterocycles. The second-order valence-corrected chi connectivity index (χ2v) is 10.2. The molecule has 1 fully saturated rings. The molecule has 2 heterocycles. The van der Waals surface area contributed by atoms with Crippen LogP contribution in [0.1, 0.15) is 52.3 Å². The molecule has 0 bridgehead atoms. The fourth-order valence-corrected chi connectivity index (χ4v) is 5.18. The summed E-state index contributed by atoms with van der Waals surface area (Å²) < 4.78 is 10.8. The first-order valence-corrected chi connectivity index (χ1v) is 13.5. The van der Waals surface area contributed by atoms with E-state index in [9.17, 15) is 19.5 Å². The number of aryl methyl sites for hydroxylation is 1. The first kappa shape index (κ1) is 28.1. The van der Waals surface area contributed by atoms with E-state index < -0.39 is 23.7 Å². The van der Waals surface area contributed by atoms with Crippen LogP contribution in [0.4, 0.5) is 5.13 Å². The standard InChI is InChI=1S/C29H27ClN2O6S/c1-4-6-16-37-21-13-9-19(10-14-21)24(33)22-23(18-7-11-20(30)12-8-18)32(27(35)25(22)34)29-31-17(3)26(39-29)28(36)38-15-5-2/h5,7-14,23,33H,2,4,6,15-16H2,1,3H3/b24-22-. The Kier molecular flexibility index (Phi) is 8.83. The summed E-state index contributed by atoms with van der Waals surface area (Å²) in [6, 6.07) is 12.2. The summed E-state index contributed by atoms with van der Waals surface area (Å²) in [5.41, 5.74) is 1.12. The number of rotatable bonds is 10. The number of aliphatic hydroxyl groups excluding tert-OH is 1. The molecule has 8 nitrogen and oxygen atoms in total. The number of anilines is 1. The van der Waals surface area contributed by atoms with Crippen LogP contribution in [-0.2, 0) is 14.3 Å². The molecule has 10 heteroatoms. The SMILES string of the molecule is C=CCOC(=O)c1sc(N2C(=O)C(=O)/C(=C(\O)c3ccc(OCCCC)cc3)C2c2ccc(Cl)cc2)nc1C. The maximum Gasteiger partial charge on any atom is 0.350 e. The van der Waals surface area contributed by atoms with Gasteiger partial charge in [-0.15, -0.1) is 0 Å². The molecule has 1 atom stereocenters. The number of hydrogen-bond acceptors (Lipinski definition) is 8. The smallest absolute Gasteiger partial charge is 0.350 e. The summed E-state index contributed by atoms with van der Waals surface area (Å²) in [5, 5.41) is 11.9. The average molecular weight is 567 g/mol. The van der Waals surface area contributed by atoms with Gasteiger partial charge in [-0.25, -0.2) is 9.78 Å². The number of benzene rings is 2. The molecule has 2 aromatic carbocycles. The lowest BCUT2D eigenvalue weighted by Crippen LogP contribution is -2.29. The molecule has 39 heavy (non-hydrogen) atoms. The highest BCUT2D eigenvalue weighted by Gasteiger charge is 2.48. The molecule has 1 aliphatic heterocycles. The maximum atomic E-state index is 13.4. The molecule has 0 spiro atoms. The molecule has 1 aliphatic rings. The minimum Gasteiger partial charge on any atom is -0.507 e. The molecule has 0 radical (unpaired) electrons. The van der Waals surface area contributed by atoms with Gasteiger partial charge in [0, 0.05) is 10.6 Å². The highest BCUT2D eigenvalue weighted by molar-refractivity contribution is 7.17. The Morgan fingerprint density at radius 3 is 2.51 bits per heavy atom. The van der Waals surface area contributed by atoms with Gasteiger partial charge in [0.05, 0.1) is 23.9 Å². The van der Waals surface area contributed by atoms with E-state index in [4.69, 9.17) is 21.1 Å². The first-order valence-electron chi connectivity index (χ1n) is 12.3. The second kappa shape index (κ2) is 12.3. The van der Waals surface area contributed by atoms with Crippen molar-refractivity contribution in [2.24, 2.45) is 0 Å². The van der Waals surface area contributed by atoms with E-state index in [1.165, 1.54) is 11.0 Å². The number of halogens is 1. The van der Waals surface area contributed by atoms with Crippen molar-refractivity contribution in [2.45, 2.75) is 32.7 Å². The Labute approximate surface area is 235 Å². The third-order valence-corrected chi connectivity index (χ3v) is 7.42. The van der Waals surface area contributed by atoms with Crippen LogP contribution in [-0.4, -0.2) is 41.0 Å². The van der Waals surface area contributed by atoms with Crippen LogP contribution >= 0.6 is 22.9 Å². The van der Waals surface area contributed by atoms with E-state index in [0.29, 0.717) is 34.2 Å². The predicted molar refractivity (Wildman–Crippen MR) is 150 cm³/mol. The number of Topliss-reactive ketones (excluding diaryl/α,β-unsaturated/α-hetero) is 1. The lowest BCUT2D eigenvalue weighted by atomic mass is 9.95. The van der Waals surface area contributed by atoms with E-state index >= 15 is 0 Å². The molecule has 0 aliphatic carbocycles. The first-order chi connectivity index (χ1) is 18.8. The van der Waals surface area contributed by atoms with Gasteiger partial charge in [-0.05, 0) is 55.3 Å². The number of esters is 1. The molecule has 3 aromatic rings. The van der Waals surface area contributed by atoms with Gasteiger partial charge in [-0.3, -0.25) is 14.5 Å². The number of aromatic nitrogens is 1. The fraction of sp³-hybridized carbons (Fsp3) is 0.241. The Balaban J connectivity index is 1.79. The molecule has 1 unspecified atom stereocenters. The molecule has 1 N–H and O–H groups in total. The van der Waals surface area contributed by atoms with Gasteiger partial charge in [-0.1, -0.05) is 61.1 Å². The van der Waals surface area contributed by atoms with Crippen molar-refractivity contribution in [1.82, 2.24) is 4.98 Å². The molecular formula is C29H27ClN2O6S. The largest absolute Gasteiger partial charge is 0.507 e. The summed E-state index contributed by atoms with van der Waals surface area (Å²) in [5.74, 6) is -2.08. The monoisotopic (exact) mass is 566 g/mol. The number of ketones is 1. The number of nitrogens with zero attached hydrogens (tertiary/aromatic N) is 2.